The number of nitrogens with one attached hydrogen (secondary N) is 1. The Morgan fingerprint density at radius 1 is 0.947 bits per heavy atom. The van der Waals surface area contributed by atoms with E-state index in [1.807, 2.05) is 86.6 Å². The molecule has 0 saturated heterocycles. The Morgan fingerprint density at radius 3 is 2.21 bits per heavy atom. The van der Waals surface area contributed by atoms with Crippen molar-refractivity contribution in [3.8, 4) is 0 Å². The van der Waals surface area contributed by atoms with E-state index in [0.717, 1.165) is 33.7 Å². The van der Waals surface area contributed by atoms with Crippen LogP contribution in [-0.2, 0) is 0 Å². The van der Waals surface area contributed by atoms with Gasteiger partial charge in [-0.1, -0.05) is 60.7 Å². The molecule has 10 heteroatoms. The molecule has 2 aliphatic heterocycles. The molecule has 0 saturated carbocycles. The zero-order valence-electron chi connectivity index (χ0n) is 21.1. The number of hydrogen-bond acceptors (Lipinski definition) is 7. The lowest BCUT2D eigenvalue weighted by atomic mass is 9.96. The number of benzene rings is 2. The molecule has 38 heavy (non-hydrogen) atoms. The molecule has 5 rings (SSSR count). The number of aromatic nitrogens is 1. The highest BCUT2D eigenvalue weighted by atomic mass is 19.4. The number of rotatable bonds is 7. The van der Waals surface area contributed by atoms with Gasteiger partial charge in [0.05, 0.1) is 23.9 Å². The second kappa shape index (κ2) is 10.3. The van der Waals surface area contributed by atoms with Crippen molar-refractivity contribution in [3.05, 3.63) is 101 Å². The molecule has 1 aromatic heterocycles. The Bertz CT molecular complexity index is 1380. The van der Waals surface area contributed by atoms with Gasteiger partial charge in [0.15, 0.2) is 5.84 Å². The van der Waals surface area contributed by atoms with E-state index in [4.69, 9.17) is 15.8 Å². The highest BCUT2D eigenvalue weighted by molar-refractivity contribution is 6.35. The average molecular weight is 520 g/mol. The van der Waals surface area contributed by atoms with E-state index in [0.29, 0.717) is 11.5 Å². The monoisotopic (exact) mass is 519 g/mol. The van der Waals surface area contributed by atoms with Crippen LogP contribution in [0.1, 0.15) is 34.1 Å². The number of alkyl halides is 3. The van der Waals surface area contributed by atoms with Gasteiger partial charge in [-0.05, 0) is 37.1 Å². The number of hydrazone groups is 1. The Kier molecular flexibility index (Phi) is 6.90. The summed E-state index contributed by atoms with van der Waals surface area (Å²) in [5, 5.41) is 9.28. The van der Waals surface area contributed by atoms with Crippen LogP contribution < -0.4 is 11.1 Å². The summed E-state index contributed by atoms with van der Waals surface area (Å²) >= 11 is 0. The normalized spacial score (nSPS) is 16.3. The van der Waals surface area contributed by atoms with Gasteiger partial charge in [0.25, 0.3) is 0 Å². The summed E-state index contributed by atoms with van der Waals surface area (Å²) in [6, 6.07) is 22.6. The summed E-state index contributed by atoms with van der Waals surface area (Å²) in [6.45, 7) is 3.05. The number of nitrogens with two attached hydrogens (primary N) is 1. The fraction of sp³-hybridized carbons (Fsp3) is 0.250. The molecule has 0 amide bonds. The summed E-state index contributed by atoms with van der Waals surface area (Å²) in [5.41, 5.74) is 12.2. The van der Waals surface area contributed by atoms with Crippen LogP contribution in [0.15, 0.2) is 82.9 Å². The van der Waals surface area contributed by atoms with Crippen LogP contribution in [0.25, 0.3) is 11.3 Å². The van der Waals surface area contributed by atoms with Gasteiger partial charge in [-0.15, -0.1) is 0 Å². The molecule has 7 nitrogen and oxygen atoms in total. The zero-order valence-corrected chi connectivity index (χ0v) is 21.1. The van der Waals surface area contributed by atoms with Gasteiger partial charge in [0, 0.05) is 23.5 Å². The average Bonchev–Trinajstić information content (AvgIpc) is 3.32. The van der Waals surface area contributed by atoms with Gasteiger partial charge in [-0.25, -0.2) is 4.99 Å². The fourth-order valence-corrected chi connectivity index (χ4v) is 4.76. The predicted octanol–water partition coefficient (Wildman–Crippen LogP) is 4.68. The first kappa shape index (κ1) is 25.5. The van der Waals surface area contributed by atoms with E-state index in [1.165, 1.54) is 0 Å². The van der Waals surface area contributed by atoms with Gasteiger partial charge in [0.2, 0.25) is 5.96 Å². The third kappa shape index (κ3) is 5.40. The van der Waals surface area contributed by atoms with Crippen molar-refractivity contribution >= 4 is 23.1 Å². The van der Waals surface area contributed by atoms with Gasteiger partial charge in [0.1, 0.15) is 6.67 Å². The number of amidine groups is 1. The third-order valence-corrected chi connectivity index (χ3v) is 6.35. The molecule has 2 aliphatic rings. The molecule has 0 aliphatic carbocycles. The minimum atomic E-state index is -4.32. The summed E-state index contributed by atoms with van der Waals surface area (Å²) in [5.74, 6) is 0.865. The number of nitrogens with zero attached hydrogens (tertiary/aromatic N) is 5. The molecular formula is C28H28F3N7. The van der Waals surface area contributed by atoms with Crippen LogP contribution >= 0.6 is 0 Å². The van der Waals surface area contributed by atoms with Gasteiger partial charge in [-0.2, -0.15) is 18.3 Å². The second-order valence-corrected chi connectivity index (χ2v) is 9.30. The fourth-order valence-electron chi connectivity index (χ4n) is 4.76. The van der Waals surface area contributed by atoms with Crippen LogP contribution in [0.3, 0.4) is 0 Å². The Labute approximate surface area is 219 Å². The molecule has 1 atom stereocenters. The molecule has 2 aromatic carbocycles. The van der Waals surface area contributed by atoms with Crippen LogP contribution in [-0.4, -0.2) is 52.6 Å². The summed E-state index contributed by atoms with van der Waals surface area (Å²) in [4.78, 5) is 11.1. The molecule has 3 heterocycles. The molecule has 3 N–H and O–H groups in total. The topological polar surface area (TPSA) is 82.1 Å². The Hall–Kier alpha value is -4.18. The van der Waals surface area contributed by atoms with Crippen molar-refractivity contribution in [2.45, 2.75) is 26.1 Å². The smallest absolute Gasteiger partial charge is 0.369 e. The number of aryl methyl sites for hydroxylation is 2. The van der Waals surface area contributed by atoms with Crippen molar-refractivity contribution in [3.63, 3.8) is 0 Å². The maximum Gasteiger partial charge on any atom is 0.401 e. The highest BCUT2D eigenvalue weighted by Crippen LogP contribution is 2.37. The minimum absolute atomic E-state index is 0.0449. The lowest BCUT2D eigenvalue weighted by Crippen LogP contribution is -2.45. The van der Waals surface area contributed by atoms with E-state index < -0.39 is 18.8 Å². The van der Waals surface area contributed by atoms with E-state index in [-0.39, 0.29) is 19.2 Å². The quantitative estimate of drug-likeness (QED) is 0.474. The molecule has 0 spiro atoms. The SMILES string of the molecule is Cc1cc(C2=C(c3ccccc3)N=C(N)N3CN(C(CNCC(F)(F)F)c4ccccc4)N=C23)cc(C)n1. The van der Waals surface area contributed by atoms with Gasteiger partial charge >= 0.3 is 6.18 Å². The lowest BCUT2D eigenvalue weighted by Gasteiger charge is -2.29. The first-order valence-corrected chi connectivity index (χ1v) is 12.2. The van der Waals surface area contributed by atoms with Crippen molar-refractivity contribution in [1.29, 1.82) is 0 Å². The predicted molar refractivity (Wildman–Crippen MR) is 143 cm³/mol. The first-order valence-electron chi connectivity index (χ1n) is 12.2. The van der Waals surface area contributed by atoms with Crippen LogP contribution in [0.4, 0.5) is 13.2 Å². The number of aliphatic imine (C=N–C) groups is 1. The van der Waals surface area contributed by atoms with E-state index in [9.17, 15) is 13.2 Å². The summed E-state index contributed by atoms with van der Waals surface area (Å²) in [6.07, 6.45) is -4.32. The van der Waals surface area contributed by atoms with Crippen molar-refractivity contribution < 1.29 is 13.2 Å². The zero-order chi connectivity index (χ0) is 26.9. The first-order chi connectivity index (χ1) is 18.2. The van der Waals surface area contributed by atoms with Crippen molar-refractivity contribution in [1.82, 2.24) is 20.2 Å². The highest BCUT2D eigenvalue weighted by Gasteiger charge is 2.38. The van der Waals surface area contributed by atoms with Crippen molar-refractivity contribution in [2.24, 2.45) is 15.8 Å². The van der Waals surface area contributed by atoms with Crippen LogP contribution in [0.2, 0.25) is 0 Å². The molecule has 3 aromatic rings. The number of guanidine groups is 1. The Morgan fingerprint density at radius 2 is 1.58 bits per heavy atom. The Balaban J connectivity index is 1.61. The van der Waals surface area contributed by atoms with Gasteiger partial charge < -0.3 is 11.1 Å². The van der Waals surface area contributed by atoms with Gasteiger partial charge in [-0.3, -0.25) is 14.9 Å². The lowest BCUT2D eigenvalue weighted by molar-refractivity contribution is -0.125. The molecular weight excluding hydrogens is 491 g/mol. The van der Waals surface area contributed by atoms with Crippen molar-refractivity contribution in [2.75, 3.05) is 19.8 Å². The number of halogens is 3. The largest absolute Gasteiger partial charge is 0.401 e. The number of pyridine rings is 1. The van der Waals surface area contributed by atoms with Crippen LogP contribution in [0, 0.1) is 13.8 Å². The summed E-state index contributed by atoms with van der Waals surface area (Å²) < 4.78 is 38.8. The molecule has 0 bridgehead atoms. The maximum absolute atomic E-state index is 12.9. The van der Waals surface area contributed by atoms with Crippen LogP contribution in [0.5, 0.6) is 0 Å². The molecule has 1 unspecified atom stereocenters. The molecule has 0 radical (unpaired) electrons. The number of hydrogen-bond donors (Lipinski definition) is 2. The van der Waals surface area contributed by atoms with E-state index in [2.05, 4.69) is 10.3 Å². The summed E-state index contributed by atoms with van der Waals surface area (Å²) in [7, 11) is 0. The molecule has 0 fully saturated rings. The standard InChI is InChI=1S/C28H28F3N7/c1-18-13-22(14-19(2)34-18)24-25(21-11-7-4-8-12-21)35-27(32)37-17-38(36-26(24)37)23(15-33-16-28(29,30)31)20-9-5-3-6-10-20/h3-14,23,33H,15-17H2,1-2H3,(H2,32,35). The number of fused-ring (bicyclic) bond motifs is 1. The van der Waals surface area contributed by atoms with E-state index >= 15 is 0 Å². The minimum Gasteiger partial charge on any atom is -0.369 e. The second-order valence-electron chi connectivity index (χ2n) is 9.30. The molecule has 196 valence electrons. The third-order valence-electron chi connectivity index (χ3n) is 6.35. The maximum atomic E-state index is 12.9. The van der Waals surface area contributed by atoms with E-state index in [1.54, 1.807) is 9.91 Å².